The number of phenols is 2. The number of rotatable bonds is 6. The summed E-state index contributed by atoms with van der Waals surface area (Å²) in [5.41, 5.74) is 1.82. The molecule has 0 unspecified atom stereocenters. The number of hydrogen-bond donors (Lipinski definition) is 3. The number of benzene rings is 2. The van der Waals surface area contributed by atoms with Gasteiger partial charge in [-0.15, -0.1) is 0 Å². The SMILES string of the molecule is CC(C)=CCC[C@@]1(C)Oc2ccc(C(=O)C=Cc3ccc(O)cc3)c(O)c2C[C@H]1O. The van der Waals surface area contributed by atoms with Gasteiger partial charge in [-0.1, -0.05) is 29.9 Å². The lowest BCUT2D eigenvalue weighted by molar-refractivity contribution is -0.0592. The zero-order valence-corrected chi connectivity index (χ0v) is 17.6. The third-order valence-corrected chi connectivity index (χ3v) is 5.46. The number of ether oxygens (including phenoxy) is 1. The minimum atomic E-state index is -0.792. The molecule has 2 aromatic rings. The van der Waals surface area contributed by atoms with E-state index in [0.29, 0.717) is 17.7 Å². The molecule has 158 valence electrons. The quantitative estimate of drug-likeness (QED) is 0.363. The van der Waals surface area contributed by atoms with Gasteiger partial charge in [0.05, 0.1) is 11.7 Å². The molecule has 5 heteroatoms. The molecule has 0 saturated heterocycles. The Hall–Kier alpha value is -3.05. The Labute approximate surface area is 177 Å². The summed E-state index contributed by atoms with van der Waals surface area (Å²) in [4.78, 5) is 12.6. The van der Waals surface area contributed by atoms with Crippen molar-refractivity contribution in [2.24, 2.45) is 0 Å². The summed E-state index contributed by atoms with van der Waals surface area (Å²) in [7, 11) is 0. The van der Waals surface area contributed by atoms with Gasteiger partial charge in [-0.25, -0.2) is 0 Å². The van der Waals surface area contributed by atoms with E-state index in [1.165, 1.54) is 23.8 Å². The van der Waals surface area contributed by atoms with Crippen molar-refractivity contribution in [2.75, 3.05) is 0 Å². The van der Waals surface area contributed by atoms with E-state index in [2.05, 4.69) is 6.08 Å². The lowest BCUT2D eigenvalue weighted by atomic mass is 9.84. The number of hydrogen-bond acceptors (Lipinski definition) is 5. The number of aliphatic hydroxyl groups is 1. The lowest BCUT2D eigenvalue weighted by Gasteiger charge is -2.40. The van der Waals surface area contributed by atoms with Crippen molar-refractivity contribution >= 4 is 11.9 Å². The fourth-order valence-corrected chi connectivity index (χ4v) is 3.55. The molecule has 0 saturated carbocycles. The standard InChI is InChI=1S/C25H28O5/c1-16(2)5-4-14-25(3)23(28)15-20-22(30-25)13-11-19(24(20)29)21(27)12-8-17-6-9-18(26)10-7-17/h5-13,23,26,28-29H,4,14-15H2,1-3H3/t23-,25-/m1/s1. The first-order valence-electron chi connectivity index (χ1n) is 10.1. The fraction of sp³-hybridized carbons (Fsp3) is 0.320. The Balaban J connectivity index is 1.80. The highest BCUT2D eigenvalue weighted by molar-refractivity contribution is 6.09. The highest BCUT2D eigenvalue weighted by Gasteiger charge is 2.40. The number of phenolic OH excluding ortho intramolecular Hbond substituents is 2. The van der Waals surface area contributed by atoms with E-state index in [0.717, 1.165) is 12.0 Å². The fourth-order valence-electron chi connectivity index (χ4n) is 3.55. The topological polar surface area (TPSA) is 87.0 Å². The van der Waals surface area contributed by atoms with Crippen LogP contribution in [0.15, 0.2) is 54.1 Å². The molecule has 0 amide bonds. The molecular formula is C25H28O5. The number of allylic oxidation sites excluding steroid dienone is 3. The maximum atomic E-state index is 12.6. The van der Waals surface area contributed by atoms with Crippen molar-refractivity contribution < 1.29 is 24.9 Å². The van der Waals surface area contributed by atoms with Gasteiger partial charge in [-0.3, -0.25) is 4.79 Å². The van der Waals surface area contributed by atoms with Gasteiger partial charge in [-0.05, 0) is 69.5 Å². The van der Waals surface area contributed by atoms with Crippen LogP contribution in [0.4, 0.5) is 0 Å². The second-order valence-corrected chi connectivity index (χ2v) is 8.18. The van der Waals surface area contributed by atoms with E-state index < -0.39 is 11.7 Å². The Bertz CT molecular complexity index is 983. The average Bonchev–Trinajstić information content (AvgIpc) is 2.69. The van der Waals surface area contributed by atoms with Crippen molar-refractivity contribution in [2.45, 2.75) is 51.7 Å². The molecule has 0 aliphatic carbocycles. The predicted molar refractivity (Wildman–Crippen MR) is 117 cm³/mol. The summed E-state index contributed by atoms with van der Waals surface area (Å²) in [6.07, 6.45) is 5.96. The maximum Gasteiger partial charge on any atom is 0.189 e. The van der Waals surface area contributed by atoms with Crippen molar-refractivity contribution in [3.05, 3.63) is 70.8 Å². The van der Waals surface area contributed by atoms with Crippen LogP contribution in [0.2, 0.25) is 0 Å². The van der Waals surface area contributed by atoms with Crippen LogP contribution in [0.5, 0.6) is 17.2 Å². The van der Waals surface area contributed by atoms with Gasteiger partial charge in [0.2, 0.25) is 0 Å². The maximum absolute atomic E-state index is 12.6. The third kappa shape index (κ3) is 4.74. The van der Waals surface area contributed by atoms with Crippen LogP contribution < -0.4 is 4.74 Å². The molecule has 3 rings (SSSR count). The van der Waals surface area contributed by atoms with Gasteiger partial charge < -0.3 is 20.1 Å². The molecule has 0 spiro atoms. The highest BCUT2D eigenvalue weighted by atomic mass is 16.5. The monoisotopic (exact) mass is 408 g/mol. The lowest BCUT2D eigenvalue weighted by Crippen LogP contribution is -2.48. The summed E-state index contributed by atoms with van der Waals surface area (Å²) >= 11 is 0. The zero-order valence-electron chi connectivity index (χ0n) is 17.6. The van der Waals surface area contributed by atoms with Gasteiger partial charge in [0, 0.05) is 12.0 Å². The summed E-state index contributed by atoms with van der Waals surface area (Å²) < 4.78 is 6.08. The highest BCUT2D eigenvalue weighted by Crippen LogP contribution is 2.41. The van der Waals surface area contributed by atoms with Crippen LogP contribution in [-0.4, -0.2) is 32.8 Å². The molecule has 0 fully saturated rings. The van der Waals surface area contributed by atoms with E-state index in [4.69, 9.17) is 4.74 Å². The minimum Gasteiger partial charge on any atom is -0.508 e. The van der Waals surface area contributed by atoms with E-state index in [1.807, 2.05) is 20.8 Å². The van der Waals surface area contributed by atoms with E-state index >= 15 is 0 Å². The minimum absolute atomic E-state index is 0.150. The number of carbonyl (C=O) groups is 1. The molecule has 0 aromatic heterocycles. The Morgan fingerprint density at radius 1 is 1.17 bits per heavy atom. The summed E-state index contributed by atoms with van der Waals surface area (Å²) in [6, 6.07) is 9.67. The molecule has 1 aliphatic heterocycles. The van der Waals surface area contributed by atoms with Crippen LogP contribution in [-0.2, 0) is 6.42 Å². The summed E-state index contributed by atoms with van der Waals surface area (Å²) in [5, 5.41) is 30.7. The van der Waals surface area contributed by atoms with Crippen molar-refractivity contribution in [3.63, 3.8) is 0 Å². The molecule has 2 atom stereocenters. The van der Waals surface area contributed by atoms with E-state index in [9.17, 15) is 20.1 Å². The molecule has 0 radical (unpaired) electrons. The van der Waals surface area contributed by atoms with Crippen LogP contribution in [0.1, 0.15) is 55.1 Å². The first kappa shape index (κ1) is 21.7. The molecule has 2 aromatic carbocycles. The van der Waals surface area contributed by atoms with Crippen LogP contribution in [0.25, 0.3) is 6.08 Å². The van der Waals surface area contributed by atoms with Crippen molar-refractivity contribution in [1.29, 1.82) is 0 Å². The van der Waals surface area contributed by atoms with Gasteiger partial charge in [-0.2, -0.15) is 0 Å². The molecule has 1 aliphatic rings. The number of fused-ring (bicyclic) bond motifs is 1. The molecule has 5 nitrogen and oxygen atoms in total. The second-order valence-electron chi connectivity index (χ2n) is 8.18. The predicted octanol–water partition coefficient (Wildman–Crippen LogP) is 4.79. The summed E-state index contributed by atoms with van der Waals surface area (Å²) in [5.74, 6) is 0.141. The molecule has 1 heterocycles. The van der Waals surface area contributed by atoms with E-state index in [1.54, 1.807) is 30.3 Å². The Kier molecular flexibility index (Phi) is 6.32. The molecule has 3 N–H and O–H groups in total. The zero-order chi connectivity index (χ0) is 21.9. The smallest absolute Gasteiger partial charge is 0.189 e. The second kappa shape index (κ2) is 8.76. The van der Waals surface area contributed by atoms with Crippen molar-refractivity contribution in [3.8, 4) is 17.2 Å². The Morgan fingerprint density at radius 3 is 2.53 bits per heavy atom. The Morgan fingerprint density at radius 2 is 1.87 bits per heavy atom. The molecule has 0 bridgehead atoms. The van der Waals surface area contributed by atoms with Crippen molar-refractivity contribution in [1.82, 2.24) is 0 Å². The largest absolute Gasteiger partial charge is 0.508 e. The van der Waals surface area contributed by atoms with Crippen LogP contribution >= 0.6 is 0 Å². The molecular weight excluding hydrogens is 380 g/mol. The van der Waals surface area contributed by atoms with Gasteiger partial charge in [0.1, 0.15) is 22.8 Å². The number of ketones is 1. The summed E-state index contributed by atoms with van der Waals surface area (Å²) in [6.45, 7) is 5.93. The normalized spacial score (nSPS) is 20.5. The first-order valence-corrected chi connectivity index (χ1v) is 10.1. The third-order valence-electron chi connectivity index (χ3n) is 5.46. The van der Waals surface area contributed by atoms with Gasteiger partial charge in [0.15, 0.2) is 5.78 Å². The van der Waals surface area contributed by atoms with E-state index in [-0.39, 0.29) is 29.3 Å². The van der Waals surface area contributed by atoms with Gasteiger partial charge >= 0.3 is 0 Å². The number of aliphatic hydroxyl groups excluding tert-OH is 1. The van der Waals surface area contributed by atoms with Crippen LogP contribution in [0, 0.1) is 0 Å². The van der Waals surface area contributed by atoms with Gasteiger partial charge in [0.25, 0.3) is 0 Å². The first-order chi connectivity index (χ1) is 14.2. The van der Waals surface area contributed by atoms with Crippen LogP contribution in [0.3, 0.4) is 0 Å². The number of aromatic hydroxyl groups is 2. The average molecular weight is 408 g/mol. The molecule has 30 heavy (non-hydrogen) atoms. The number of carbonyl (C=O) groups excluding carboxylic acids is 1.